The number of aryl methyl sites for hydroxylation is 2. The molecule has 144 valence electrons. The maximum absolute atomic E-state index is 13.9. The maximum atomic E-state index is 13.9. The lowest BCUT2D eigenvalue weighted by Gasteiger charge is -2.33. The highest BCUT2D eigenvalue weighted by Crippen LogP contribution is 2.55. The van der Waals surface area contributed by atoms with E-state index < -0.39 is 4.87 Å². The number of thioether (sulfide) groups is 1. The number of anilines is 1. The molecule has 1 saturated heterocycles. The maximum Gasteiger partial charge on any atom is 0.268 e. The molecule has 2 aromatic carbocycles. The van der Waals surface area contributed by atoms with Gasteiger partial charge >= 0.3 is 0 Å². The van der Waals surface area contributed by atoms with Crippen molar-refractivity contribution in [2.24, 2.45) is 5.92 Å². The quantitative estimate of drug-likeness (QED) is 0.793. The van der Waals surface area contributed by atoms with Crippen LogP contribution in [0.4, 0.5) is 5.69 Å². The molecule has 2 amide bonds. The van der Waals surface area contributed by atoms with Gasteiger partial charge in [-0.2, -0.15) is 0 Å². The second-order valence-electron chi connectivity index (χ2n) is 8.16. The van der Waals surface area contributed by atoms with E-state index in [1.165, 1.54) is 5.56 Å². The van der Waals surface area contributed by atoms with E-state index in [9.17, 15) is 9.59 Å². The Morgan fingerprint density at radius 3 is 2.68 bits per heavy atom. The fraction of sp³-hybridized carbons (Fsp3) is 0.391. The van der Waals surface area contributed by atoms with E-state index in [2.05, 4.69) is 37.3 Å². The molecule has 1 atom stereocenters. The predicted octanol–water partition coefficient (Wildman–Crippen LogP) is 3.99. The second-order valence-corrected chi connectivity index (χ2v) is 9.45. The number of carbonyl (C=O) groups excluding carboxylic acids is 2. The van der Waals surface area contributed by atoms with Gasteiger partial charge in [0.2, 0.25) is 5.91 Å². The highest BCUT2D eigenvalue weighted by molar-refractivity contribution is 8.01. The third kappa shape index (κ3) is 2.60. The molecule has 2 heterocycles. The molecule has 1 aliphatic carbocycles. The average molecular weight is 393 g/mol. The van der Waals surface area contributed by atoms with Gasteiger partial charge < -0.3 is 9.80 Å². The van der Waals surface area contributed by atoms with E-state index in [1.807, 2.05) is 28.9 Å². The van der Waals surface area contributed by atoms with Crippen molar-refractivity contribution in [1.82, 2.24) is 4.90 Å². The van der Waals surface area contributed by atoms with Gasteiger partial charge in [-0.15, -0.1) is 11.8 Å². The van der Waals surface area contributed by atoms with Crippen LogP contribution in [0.2, 0.25) is 0 Å². The van der Waals surface area contributed by atoms with Crippen molar-refractivity contribution in [1.29, 1.82) is 0 Å². The molecule has 1 saturated carbocycles. The molecule has 0 bridgehead atoms. The van der Waals surface area contributed by atoms with Crippen LogP contribution in [0.1, 0.15) is 35.1 Å². The van der Waals surface area contributed by atoms with Crippen LogP contribution in [0, 0.1) is 19.8 Å². The summed E-state index contributed by atoms with van der Waals surface area (Å²) in [4.78, 5) is 29.8. The lowest BCUT2D eigenvalue weighted by molar-refractivity contribution is -0.141. The fourth-order valence-electron chi connectivity index (χ4n) is 4.45. The van der Waals surface area contributed by atoms with Gasteiger partial charge in [0.15, 0.2) is 4.87 Å². The Labute approximate surface area is 169 Å². The largest absolute Gasteiger partial charge is 0.315 e. The van der Waals surface area contributed by atoms with E-state index >= 15 is 0 Å². The minimum Gasteiger partial charge on any atom is -0.315 e. The SMILES string of the molecule is Cc1cccc(CN2C(=O)[C@@]3(SCCN3C(=O)C3CC3)c3cc(C)ccc32)c1. The molecule has 2 fully saturated rings. The molecule has 0 N–H and O–H groups in total. The van der Waals surface area contributed by atoms with Gasteiger partial charge in [-0.25, -0.2) is 0 Å². The van der Waals surface area contributed by atoms with E-state index in [4.69, 9.17) is 0 Å². The van der Waals surface area contributed by atoms with Crippen LogP contribution in [0.25, 0.3) is 0 Å². The summed E-state index contributed by atoms with van der Waals surface area (Å²) in [6.07, 6.45) is 1.91. The summed E-state index contributed by atoms with van der Waals surface area (Å²) in [6, 6.07) is 14.5. The van der Waals surface area contributed by atoms with Crippen LogP contribution >= 0.6 is 11.8 Å². The minimum atomic E-state index is -0.884. The zero-order valence-corrected chi connectivity index (χ0v) is 17.1. The van der Waals surface area contributed by atoms with Gasteiger partial charge in [0.25, 0.3) is 5.91 Å². The summed E-state index contributed by atoms with van der Waals surface area (Å²) in [6.45, 7) is 5.30. The van der Waals surface area contributed by atoms with E-state index in [0.717, 1.165) is 41.0 Å². The Hall–Kier alpha value is -2.27. The third-order valence-electron chi connectivity index (χ3n) is 5.96. The lowest BCUT2D eigenvalue weighted by atomic mass is 10.0. The van der Waals surface area contributed by atoms with Crippen LogP contribution in [0.5, 0.6) is 0 Å². The van der Waals surface area contributed by atoms with Crippen molar-refractivity contribution in [2.75, 3.05) is 17.2 Å². The first-order valence-electron chi connectivity index (χ1n) is 9.95. The van der Waals surface area contributed by atoms with Gasteiger partial charge in [0.05, 0.1) is 12.2 Å². The molecule has 4 nitrogen and oxygen atoms in total. The van der Waals surface area contributed by atoms with Gasteiger partial charge in [-0.3, -0.25) is 9.59 Å². The Balaban J connectivity index is 1.60. The average Bonchev–Trinajstić information content (AvgIpc) is 3.39. The first-order valence-corrected chi connectivity index (χ1v) is 10.9. The van der Waals surface area contributed by atoms with Crippen molar-refractivity contribution in [3.8, 4) is 0 Å². The van der Waals surface area contributed by atoms with Crippen LogP contribution in [0.15, 0.2) is 42.5 Å². The highest BCUT2D eigenvalue weighted by Gasteiger charge is 2.60. The molecule has 28 heavy (non-hydrogen) atoms. The van der Waals surface area contributed by atoms with Crippen LogP contribution < -0.4 is 4.90 Å². The van der Waals surface area contributed by atoms with Crippen LogP contribution in [-0.4, -0.2) is 29.0 Å². The van der Waals surface area contributed by atoms with Crippen LogP contribution in [0.3, 0.4) is 0 Å². The van der Waals surface area contributed by atoms with Crippen molar-refractivity contribution < 1.29 is 9.59 Å². The zero-order chi connectivity index (χ0) is 19.5. The van der Waals surface area contributed by atoms with E-state index in [-0.39, 0.29) is 17.7 Å². The summed E-state index contributed by atoms with van der Waals surface area (Å²) < 4.78 is 0. The first-order chi connectivity index (χ1) is 13.5. The van der Waals surface area contributed by atoms with Crippen molar-refractivity contribution in [2.45, 2.75) is 38.1 Å². The molecule has 0 aromatic heterocycles. The number of nitrogens with zero attached hydrogens (tertiary/aromatic N) is 2. The van der Waals surface area contributed by atoms with Gasteiger partial charge in [-0.05, 0) is 38.3 Å². The van der Waals surface area contributed by atoms with Crippen molar-refractivity contribution in [3.05, 3.63) is 64.7 Å². The summed E-state index contributed by atoms with van der Waals surface area (Å²) in [5, 5.41) is 0. The lowest BCUT2D eigenvalue weighted by Crippen LogP contribution is -2.50. The van der Waals surface area contributed by atoms with Crippen molar-refractivity contribution >= 4 is 29.3 Å². The minimum absolute atomic E-state index is 0.0334. The molecule has 0 unspecified atom stereocenters. The summed E-state index contributed by atoms with van der Waals surface area (Å²) in [5.74, 6) is 1.10. The normalized spacial score (nSPS) is 23.6. The molecular formula is C23H24N2O2S. The molecule has 3 aliphatic rings. The monoisotopic (exact) mass is 392 g/mol. The third-order valence-corrected chi connectivity index (χ3v) is 7.38. The van der Waals surface area contributed by atoms with Gasteiger partial charge in [-0.1, -0.05) is 47.5 Å². The topological polar surface area (TPSA) is 40.6 Å². The molecule has 2 aromatic rings. The van der Waals surface area contributed by atoms with E-state index in [1.54, 1.807) is 11.8 Å². The summed E-state index contributed by atoms with van der Waals surface area (Å²) in [7, 11) is 0. The Morgan fingerprint density at radius 1 is 1.14 bits per heavy atom. The molecule has 5 rings (SSSR count). The number of carbonyl (C=O) groups is 2. The van der Waals surface area contributed by atoms with Gasteiger partial charge in [0.1, 0.15) is 0 Å². The Morgan fingerprint density at radius 2 is 1.93 bits per heavy atom. The molecule has 2 aliphatic heterocycles. The second kappa shape index (κ2) is 6.38. The summed E-state index contributed by atoms with van der Waals surface area (Å²) in [5.41, 5.74) is 5.35. The van der Waals surface area contributed by atoms with Gasteiger partial charge in [0, 0.05) is 23.8 Å². The predicted molar refractivity (Wildman–Crippen MR) is 112 cm³/mol. The molecule has 1 spiro atoms. The standard InChI is InChI=1S/C23H24N2O2S/c1-15-4-3-5-17(12-15)14-24-20-9-6-16(2)13-19(20)23(22(24)27)25(10-11-28-23)21(26)18-7-8-18/h3-6,9,12-13,18H,7-8,10-11,14H2,1-2H3/t23-/m0/s1. The number of benzene rings is 2. The summed E-state index contributed by atoms with van der Waals surface area (Å²) >= 11 is 1.62. The number of hydrogen-bond donors (Lipinski definition) is 0. The molecular weight excluding hydrogens is 368 g/mol. The Bertz CT molecular complexity index is 984. The zero-order valence-electron chi connectivity index (χ0n) is 16.3. The number of fused-ring (bicyclic) bond motifs is 2. The highest BCUT2D eigenvalue weighted by atomic mass is 32.2. The van der Waals surface area contributed by atoms with Crippen LogP contribution in [-0.2, 0) is 21.0 Å². The number of rotatable bonds is 3. The number of amides is 2. The smallest absolute Gasteiger partial charge is 0.268 e. The molecule has 0 radical (unpaired) electrons. The fourth-order valence-corrected chi connectivity index (χ4v) is 5.91. The number of hydrogen-bond acceptors (Lipinski definition) is 3. The van der Waals surface area contributed by atoms with Crippen molar-refractivity contribution in [3.63, 3.8) is 0 Å². The Kier molecular flexibility index (Phi) is 4.05. The first kappa shape index (κ1) is 17.8. The van der Waals surface area contributed by atoms with E-state index in [0.29, 0.717) is 13.1 Å². The molecule has 5 heteroatoms.